The van der Waals surface area contributed by atoms with Gasteiger partial charge >= 0.3 is 0 Å². The highest BCUT2D eigenvalue weighted by molar-refractivity contribution is 7.17. The van der Waals surface area contributed by atoms with E-state index in [1.165, 1.54) is 10.3 Å². The van der Waals surface area contributed by atoms with Crippen LogP contribution in [0.5, 0.6) is 0 Å². The average Bonchev–Trinajstić information content (AvgIpc) is 2.79. The zero-order valence-corrected chi connectivity index (χ0v) is 11.3. The van der Waals surface area contributed by atoms with Crippen LogP contribution in [0.15, 0.2) is 23.7 Å². The molecule has 0 aromatic carbocycles. The Balaban J connectivity index is 1.62. The summed E-state index contributed by atoms with van der Waals surface area (Å²) in [5.74, 6) is 0.640. The summed E-state index contributed by atoms with van der Waals surface area (Å²) in [7, 11) is 0. The van der Waals surface area contributed by atoms with E-state index in [4.69, 9.17) is 0 Å². The molecule has 3 rings (SSSR count). The number of aliphatic hydroxyl groups excluding tert-OH is 1. The van der Waals surface area contributed by atoms with Crippen LogP contribution in [0.3, 0.4) is 0 Å². The summed E-state index contributed by atoms with van der Waals surface area (Å²) < 4.78 is 1.25. The summed E-state index contributed by atoms with van der Waals surface area (Å²) in [5, 5.41) is 14.9. The Morgan fingerprint density at radius 2 is 2.39 bits per heavy atom. The van der Waals surface area contributed by atoms with Gasteiger partial charge in [0.2, 0.25) is 0 Å². The van der Waals surface area contributed by atoms with Gasteiger partial charge in [-0.25, -0.2) is 0 Å². The van der Waals surface area contributed by atoms with Crippen LogP contribution in [-0.4, -0.2) is 22.7 Å². The molecule has 2 aromatic rings. The van der Waals surface area contributed by atoms with Gasteiger partial charge in [-0.3, -0.25) is 4.98 Å². The highest BCUT2D eigenvalue weighted by Crippen LogP contribution is 2.27. The van der Waals surface area contributed by atoms with Crippen LogP contribution in [0.4, 0.5) is 0 Å². The number of hydrogen-bond acceptors (Lipinski definition) is 4. The van der Waals surface area contributed by atoms with Crippen molar-refractivity contribution in [1.82, 2.24) is 10.3 Å². The molecule has 1 aliphatic carbocycles. The minimum Gasteiger partial charge on any atom is -0.393 e. The molecule has 0 aliphatic heterocycles. The van der Waals surface area contributed by atoms with Crippen LogP contribution in [-0.2, 0) is 0 Å². The summed E-state index contributed by atoms with van der Waals surface area (Å²) in [5.41, 5.74) is 2.32. The molecule has 1 atom stereocenters. The van der Waals surface area contributed by atoms with Gasteiger partial charge in [-0.2, -0.15) is 0 Å². The summed E-state index contributed by atoms with van der Waals surface area (Å²) in [4.78, 5) is 4.47. The molecule has 0 radical (unpaired) electrons. The normalized spacial score (nSPS) is 25.0. The molecule has 0 bridgehead atoms. The second kappa shape index (κ2) is 4.96. The van der Waals surface area contributed by atoms with Crippen LogP contribution in [0.25, 0.3) is 10.2 Å². The van der Waals surface area contributed by atoms with Crippen LogP contribution in [0.1, 0.15) is 31.4 Å². The van der Waals surface area contributed by atoms with Crippen molar-refractivity contribution in [3.05, 3.63) is 29.3 Å². The number of aliphatic hydroxyl groups is 1. The Morgan fingerprint density at radius 1 is 1.56 bits per heavy atom. The molecule has 1 aliphatic rings. The van der Waals surface area contributed by atoms with Crippen molar-refractivity contribution in [3.8, 4) is 0 Å². The monoisotopic (exact) mass is 262 g/mol. The van der Waals surface area contributed by atoms with E-state index in [0.29, 0.717) is 12.0 Å². The molecule has 2 heterocycles. The number of aromatic nitrogens is 1. The van der Waals surface area contributed by atoms with Gasteiger partial charge < -0.3 is 10.4 Å². The Hall–Kier alpha value is -0.970. The van der Waals surface area contributed by atoms with E-state index in [2.05, 4.69) is 34.7 Å². The second-order valence-corrected chi connectivity index (χ2v) is 6.14. The third-order valence-electron chi connectivity index (χ3n) is 3.75. The third kappa shape index (κ3) is 2.41. The molecule has 0 spiro atoms. The summed E-state index contributed by atoms with van der Waals surface area (Å²) >= 11 is 1.74. The summed E-state index contributed by atoms with van der Waals surface area (Å²) in [6.45, 7) is 3.16. The van der Waals surface area contributed by atoms with Gasteiger partial charge in [-0.15, -0.1) is 11.3 Å². The predicted octanol–water partition coefficient (Wildman–Crippen LogP) is 2.72. The number of fused-ring (bicyclic) bond motifs is 1. The van der Waals surface area contributed by atoms with Gasteiger partial charge in [0.1, 0.15) is 0 Å². The van der Waals surface area contributed by atoms with Crippen molar-refractivity contribution in [2.45, 2.75) is 31.9 Å². The Kier molecular flexibility index (Phi) is 3.33. The molecule has 96 valence electrons. The molecule has 18 heavy (non-hydrogen) atoms. The van der Waals surface area contributed by atoms with Crippen molar-refractivity contribution < 1.29 is 5.11 Å². The van der Waals surface area contributed by atoms with Crippen molar-refractivity contribution >= 4 is 21.6 Å². The van der Waals surface area contributed by atoms with E-state index in [9.17, 15) is 5.11 Å². The molecular weight excluding hydrogens is 244 g/mol. The molecule has 2 N–H and O–H groups in total. The Bertz CT molecular complexity index is 533. The van der Waals surface area contributed by atoms with E-state index in [0.717, 1.165) is 24.9 Å². The number of thiophene rings is 1. The van der Waals surface area contributed by atoms with E-state index < -0.39 is 0 Å². The largest absolute Gasteiger partial charge is 0.393 e. The first kappa shape index (κ1) is 12.1. The third-order valence-corrected chi connectivity index (χ3v) is 4.60. The SMILES string of the molecule is CC(NCC1CC(O)C1)c1cnc2ccsc2c1. The topological polar surface area (TPSA) is 45.1 Å². The number of rotatable bonds is 4. The lowest BCUT2D eigenvalue weighted by molar-refractivity contribution is 0.0420. The maximum Gasteiger partial charge on any atom is 0.0809 e. The lowest BCUT2D eigenvalue weighted by Gasteiger charge is -2.32. The van der Waals surface area contributed by atoms with E-state index in [-0.39, 0.29) is 6.10 Å². The molecule has 1 unspecified atom stereocenters. The molecule has 3 nitrogen and oxygen atoms in total. The smallest absolute Gasteiger partial charge is 0.0809 e. The number of nitrogens with zero attached hydrogens (tertiary/aromatic N) is 1. The van der Waals surface area contributed by atoms with E-state index in [1.54, 1.807) is 11.3 Å². The molecule has 1 fully saturated rings. The zero-order valence-electron chi connectivity index (χ0n) is 10.5. The van der Waals surface area contributed by atoms with Crippen LogP contribution >= 0.6 is 11.3 Å². The summed E-state index contributed by atoms with van der Waals surface area (Å²) in [6.07, 6.45) is 3.79. The first-order valence-corrected chi connectivity index (χ1v) is 7.35. The Morgan fingerprint density at radius 3 is 3.17 bits per heavy atom. The highest BCUT2D eigenvalue weighted by Gasteiger charge is 2.27. The highest BCUT2D eigenvalue weighted by atomic mass is 32.1. The van der Waals surface area contributed by atoms with Crippen molar-refractivity contribution in [2.24, 2.45) is 5.92 Å². The van der Waals surface area contributed by atoms with Crippen LogP contribution in [0.2, 0.25) is 0 Å². The average molecular weight is 262 g/mol. The standard InChI is InChI=1S/C14H18N2OS/c1-9(15-7-10-4-12(17)5-10)11-6-14-13(16-8-11)2-3-18-14/h2-3,6,8-10,12,15,17H,4-5,7H2,1H3. The first-order valence-electron chi connectivity index (χ1n) is 6.47. The fraction of sp³-hybridized carbons (Fsp3) is 0.500. The van der Waals surface area contributed by atoms with Gasteiger partial charge in [0, 0.05) is 12.2 Å². The number of nitrogens with one attached hydrogen (secondary N) is 1. The lowest BCUT2D eigenvalue weighted by atomic mass is 9.82. The van der Waals surface area contributed by atoms with Crippen molar-refractivity contribution in [1.29, 1.82) is 0 Å². The van der Waals surface area contributed by atoms with Gasteiger partial charge in [0.15, 0.2) is 0 Å². The number of pyridine rings is 1. The quantitative estimate of drug-likeness (QED) is 0.890. The fourth-order valence-corrected chi connectivity index (χ4v) is 3.22. The van der Waals surface area contributed by atoms with Crippen molar-refractivity contribution in [3.63, 3.8) is 0 Å². The van der Waals surface area contributed by atoms with Crippen LogP contribution in [0, 0.1) is 5.92 Å². The molecule has 4 heteroatoms. The second-order valence-electron chi connectivity index (χ2n) is 5.19. The zero-order chi connectivity index (χ0) is 12.5. The fourth-order valence-electron chi connectivity index (χ4n) is 2.43. The first-order chi connectivity index (χ1) is 8.72. The van der Waals surface area contributed by atoms with Gasteiger partial charge in [-0.05, 0) is 55.3 Å². The Labute approximate surface area is 111 Å². The molecule has 0 amide bonds. The number of hydrogen-bond donors (Lipinski definition) is 2. The molecular formula is C14H18N2OS. The predicted molar refractivity (Wildman–Crippen MR) is 74.8 cm³/mol. The van der Waals surface area contributed by atoms with Gasteiger partial charge in [0.25, 0.3) is 0 Å². The molecule has 2 aromatic heterocycles. The van der Waals surface area contributed by atoms with Gasteiger partial charge in [0.05, 0.1) is 16.3 Å². The lowest BCUT2D eigenvalue weighted by Crippen LogP contribution is -2.36. The minimum absolute atomic E-state index is 0.0590. The van der Waals surface area contributed by atoms with Gasteiger partial charge in [-0.1, -0.05) is 0 Å². The van der Waals surface area contributed by atoms with Crippen molar-refractivity contribution in [2.75, 3.05) is 6.54 Å². The maximum atomic E-state index is 9.26. The summed E-state index contributed by atoms with van der Waals surface area (Å²) in [6, 6.07) is 4.60. The molecule has 0 saturated heterocycles. The van der Waals surface area contributed by atoms with E-state index in [1.807, 2.05) is 6.20 Å². The molecule has 1 saturated carbocycles. The maximum absolute atomic E-state index is 9.26. The van der Waals surface area contributed by atoms with Crippen LogP contribution < -0.4 is 5.32 Å². The minimum atomic E-state index is -0.0590. The van der Waals surface area contributed by atoms with E-state index >= 15 is 0 Å².